The molecule has 5 heteroatoms. The molecule has 0 spiro atoms. The van der Waals surface area contributed by atoms with Crippen molar-refractivity contribution in [3.8, 4) is 5.75 Å². The van der Waals surface area contributed by atoms with Gasteiger partial charge in [0.2, 0.25) is 5.69 Å². The van der Waals surface area contributed by atoms with Gasteiger partial charge < -0.3 is 10.5 Å². The van der Waals surface area contributed by atoms with E-state index in [0.29, 0.717) is 11.4 Å². The highest BCUT2D eigenvalue weighted by Gasteiger charge is 2.55. The van der Waals surface area contributed by atoms with Crippen molar-refractivity contribution >= 4 is 11.4 Å². The summed E-state index contributed by atoms with van der Waals surface area (Å²) < 4.78 is 22.4. The molecule has 0 saturated heterocycles. The van der Waals surface area contributed by atoms with E-state index >= 15 is 0 Å². The lowest BCUT2D eigenvalue weighted by atomic mass is 9.76. The van der Waals surface area contributed by atoms with E-state index in [1.54, 1.807) is 13.2 Å². The molecule has 0 saturated carbocycles. The van der Waals surface area contributed by atoms with Crippen LogP contribution in [0, 0.1) is 5.82 Å². The molecule has 0 aliphatic carbocycles. The monoisotopic (exact) mass is 500 g/mol. The first-order valence-corrected chi connectivity index (χ1v) is 12.5. The number of rotatable bonds is 6. The van der Waals surface area contributed by atoms with E-state index in [-0.39, 0.29) is 5.82 Å². The van der Waals surface area contributed by atoms with E-state index in [1.807, 2.05) is 72.8 Å². The molecule has 1 aliphatic heterocycles. The minimum Gasteiger partial charge on any atom is -0.494 e. The Morgan fingerprint density at radius 3 is 1.79 bits per heavy atom. The number of anilines is 1. The van der Waals surface area contributed by atoms with Crippen LogP contribution in [0.15, 0.2) is 133 Å². The second kappa shape index (κ2) is 9.60. The maximum atomic E-state index is 14.5. The summed E-state index contributed by atoms with van der Waals surface area (Å²) in [5, 5.41) is 5.35. The van der Waals surface area contributed by atoms with Crippen LogP contribution in [0.5, 0.6) is 5.75 Å². The van der Waals surface area contributed by atoms with E-state index in [1.165, 1.54) is 12.1 Å². The molecule has 4 nitrogen and oxygen atoms in total. The summed E-state index contributed by atoms with van der Waals surface area (Å²) in [4.78, 5) is 0. The second-order valence-electron chi connectivity index (χ2n) is 9.31. The third kappa shape index (κ3) is 3.67. The molecular formula is C33H27FN3O+. The first-order chi connectivity index (χ1) is 18.6. The molecule has 6 rings (SSSR count). The largest absolute Gasteiger partial charge is 0.494 e. The molecule has 38 heavy (non-hydrogen) atoms. The number of ether oxygens (including phenoxy) is 1. The number of benzene rings is 5. The number of azo groups is 2. The fourth-order valence-corrected chi connectivity index (χ4v) is 5.60. The van der Waals surface area contributed by atoms with Gasteiger partial charge in [0.15, 0.2) is 11.8 Å². The smallest absolute Gasteiger partial charge is 0.269 e. The highest BCUT2D eigenvalue weighted by atomic mass is 19.1. The summed E-state index contributed by atoms with van der Waals surface area (Å²) in [6, 6.07) is 40.9. The number of halogens is 1. The highest BCUT2D eigenvalue weighted by Crippen LogP contribution is 2.54. The summed E-state index contributed by atoms with van der Waals surface area (Å²) in [7, 11) is 1.61. The van der Waals surface area contributed by atoms with Gasteiger partial charge in [-0.05, 0) is 28.9 Å². The lowest BCUT2D eigenvalue weighted by molar-refractivity contribution is -0.578. The van der Waals surface area contributed by atoms with Crippen molar-refractivity contribution < 1.29 is 13.8 Å². The Hall–Kier alpha value is -4.77. The first kappa shape index (κ1) is 23.6. The molecule has 1 unspecified atom stereocenters. The molecular weight excluding hydrogens is 473 g/mol. The van der Waals surface area contributed by atoms with Gasteiger partial charge in [-0.2, -0.15) is 0 Å². The van der Waals surface area contributed by atoms with Crippen molar-refractivity contribution in [1.82, 2.24) is 0 Å². The Balaban J connectivity index is 1.76. The average molecular weight is 501 g/mol. The Bertz CT molecular complexity index is 1520. The molecule has 0 bridgehead atoms. The van der Waals surface area contributed by atoms with Crippen LogP contribution in [0.2, 0.25) is 0 Å². The van der Waals surface area contributed by atoms with Gasteiger partial charge in [-0.1, -0.05) is 108 Å². The van der Waals surface area contributed by atoms with Gasteiger partial charge in [-0.25, -0.2) is 4.39 Å². The molecule has 5 aromatic carbocycles. The van der Waals surface area contributed by atoms with Crippen LogP contribution in [0.4, 0.5) is 15.8 Å². The zero-order valence-electron chi connectivity index (χ0n) is 21.0. The average Bonchev–Trinajstić information content (AvgIpc) is 3.35. The van der Waals surface area contributed by atoms with Gasteiger partial charge in [0.05, 0.1) is 12.8 Å². The maximum Gasteiger partial charge on any atom is 0.269 e. The first-order valence-electron chi connectivity index (χ1n) is 12.5. The number of hydrogen-bond acceptors (Lipinski definition) is 3. The lowest BCUT2D eigenvalue weighted by Gasteiger charge is -2.29. The topological polar surface area (TPSA) is 50.6 Å². The van der Waals surface area contributed by atoms with E-state index in [4.69, 9.17) is 15.6 Å². The summed E-state index contributed by atoms with van der Waals surface area (Å²) in [5.41, 5.74) is 11.6. The normalized spacial score (nSPS) is 14.6. The Kier molecular flexibility index (Phi) is 5.97. The van der Waals surface area contributed by atoms with E-state index in [2.05, 4.69) is 41.1 Å². The molecule has 1 heterocycles. The molecule has 5 aromatic rings. The summed E-state index contributed by atoms with van der Waals surface area (Å²) >= 11 is 0. The predicted molar refractivity (Wildman–Crippen MR) is 147 cm³/mol. The quantitative estimate of drug-likeness (QED) is 0.148. The molecule has 1 atom stereocenters. The second-order valence-corrected chi connectivity index (χ2v) is 9.31. The summed E-state index contributed by atoms with van der Waals surface area (Å²) in [6.45, 7) is 0. The fraction of sp³-hybridized carbons (Fsp3) is 0.0909. The predicted octanol–water partition coefficient (Wildman–Crippen LogP) is 7.61. The van der Waals surface area contributed by atoms with Crippen molar-refractivity contribution in [3.05, 3.63) is 161 Å². The summed E-state index contributed by atoms with van der Waals surface area (Å²) in [6.07, 6.45) is 0. The maximum absolute atomic E-state index is 14.5. The number of nitrogen functional groups attached to an aromatic ring is 1. The Morgan fingerprint density at radius 2 is 1.29 bits per heavy atom. The lowest BCUT2D eigenvalue weighted by Crippen LogP contribution is -2.38. The minimum atomic E-state index is -0.832. The standard InChI is InChI=1S/C33H27FN3O/c1-38-32-28(35)20-21-29-30(32)31(23-12-11-19-27(34)22-23)36-37(29)33(24-13-5-2-6-14-24,25-15-7-3-8-16-25)26-17-9-4-10-18-26/h2-22,31H,35H2,1H3/q+1. The van der Waals surface area contributed by atoms with Gasteiger partial charge in [0, 0.05) is 22.8 Å². The van der Waals surface area contributed by atoms with Gasteiger partial charge >= 0.3 is 0 Å². The molecule has 2 N–H and O–H groups in total. The van der Waals surface area contributed by atoms with Gasteiger partial charge in [0.1, 0.15) is 11.4 Å². The van der Waals surface area contributed by atoms with E-state index in [0.717, 1.165) is 33.5 Å². The molecule has 0 aromatic heterocycles. The van der Waals surface area contributed by atoms with Gasteiger partial charge in [-0.3, -0.25) is 0 Å². The van der Waals surface area contributed by atoms with E-state index < -0.39 is 11.6 Å². The Morgan fingerprint density at radius 1 is 0.737 bits per heavy atom. The van der Waals surface area contributed by atoms with Crippen LogP contribution in [-0.2, 0) is 5.54 Å². The molecule has 0 radical (unpaired) electrons. The molecule has 0 fully saturated rings. The zero-order valence-corrected chi connectivity index (χ0v) is 21.0. The van der Waals surface area contributed by atoms with Crippen LogP contribution in [0.25, 0.3) is 0 Å². The number of nitrogens with two attached hydrogens (primary N) is 1. The van der Waals surface area contributed by atoms with Crippen LogP contribution in [0.3, 0.4) is 0 Å². The zero-order chi connectivity index (χ0) is 26.1. The Labute approximate surface area is 221 Å². The number of methoxy groups -OCH3 is 1. The summed E-state index contributed by atoms with van der Waals surface area (Å²) in [5.74, 6) is 0.229. The van der Waals surface area contributed by atoms with Gasteiger partial charge in [0.25, 0.3) is 5.54 Å². The number of hydrogen-bond donors (Lipinski definition) is 1. The SMILES string of the molecule is COc1c(N)ccc2c1C(c1cccc(F)c1)N=[N+]2C(c1ccccc1)(c1ccccc1)c1ccccc1. The number of nitrogens with zero attached hydrogens (tertiary/aromatic N) is 2. The van der Waals surface area contributed by atoms with Crippen LogP contribution < -0.4 is 10.5 Å². The van der Waals surface area contributed by atoms with E-state index in [9.17, 15) is 4.39 Å². The van der Waals surface area contributed by atoms with Crippen LogP contribution in [-0.4, -0.2) is 11.8 Å². The highest BCUT2D eigenvalue weighted by molar-refractivity contribution is 5.68. The van der Waals surface area contributed by atoms with Crippen LogP contribution >= 0.6 is 0 Å². The van der Waals surface area contributed by atoms with Crippen LogP contribution in [0.1, 0.15) is 33.9 Å². The fourth-order valence-electron chi connectivity index (χ4n) is 5.60. The third-order valence-electron chi connectivity index (χ3n) is 7.20. The van der Waals surface area contributed by atoms with Crippen molar-refractivity contribution in [3.63, 3.8) is 0 Å². The molecule has 186 valence electrons. The minimum absolute atomic E-state index is 0.319. The van der Waals surface area contributed by atoms with Crippen molar-refractivity contribution in [2.45, 2.75) is 11.6 Å². The van der Waals surface area contributed by atoms with Crippen molar-refractivity contribution in [1.29, 1.82) is 0 Å². The number of fused-ring (bicyclic) bond motifs is 1. The van der Waals surface area contributed by atoms with Gasteiger partial charge in [-0.15, -0.1) is 0 Å². The van der Waals surface area contributed by atoms with Crippen molar-refractivity contribution in [2.75, 3.05) is 12.8 Å². The molecule has 1 aliphatic rings. The molecule has 0 amide bonds. The third-order valence-corrected chi connectivity index (χ3v) is 7.20. The van der Waals surface area contributed by atoms with Crippen molar-refractivity contribution in [2.24, 2.45) is 5.11 Å².